The van der Waals surface area contributed by atoms with Gasteiger partial charge in [-0.25, -0.2) is 0 Å². The fourth-order valence-corrected chi connectivity index (χ4v) is 2.68. The molecule has 2 N–H and O–H groups in total. The van der Waals surface area contributed by atoms with Crippen molar-refractivity contribution in [3.05, 3.63) is 59.5 Å². The molecule has 1 aliphatic rings. The van der Waals surface area contributed by atoms with Crippen molar-refractivity contribution in [2.45, 2.75) is 19.5 Å². The Bertz CT molecular complexity index is 578. The molecule has 0 aliphatic carbocycles. The number of hydrogen-bond donors (Lipinski definition) is 2. The molecule has 4 nitrogen and oxygen atoms in total. The summed E-state index contributed by atoms with van der Waals surface area (Å²) in [5.41, 5.74) is 2.79. The van der Waals surface area contributed by atoms with E-state index in [1.54, 1.807) is 6.26 Å². The molecule has 2 heterocycles. The van der Waals surface area contributed by atoms with Crippen LogP contribution in [0, 0.1) is 0 Å². The van der Waals surface area contributed by atoms with Gasteiger partial charge in [-0.05, 0) is 17.7 Å². The molecule has 2 aromatic rings. The molecule has 1 aromatic heterocycles. The number of hydrogen-bond acceptors (Lipinski definition) is 2. The zero-order valence-electron chi connectivity index (χ0n) is 11.4. The van der Waals surface area contributed by atoms with E-state index in [0.717, 1.165) is 25.3 Å². The number of fused-ring (bicyclic) bond motifs is 1. The maximum absolute atomic E-state index is 11.9. The van der Waals surface area contributed by atoms with Gasteiger partial charge in [0.25, 0.3) is 5.91 Å². The van der Waals surface area contributed by atoms with Crippen LogP contribution in [0.1, 0.15) is 16.9 Å². The molecule has 0 saturated carbocycles. The maximum Gasteiger partial charge on any atom is 0.275 e. The predicted octanol–water partition coefficient (Wildman–Crippen LogP) is 0.537. The first-order chi connectivity index (χ1) is 9.81. The molecule has 4 heteroatoms. The van der Waals surface area contributed by atoms with E-state index in [0.29, 0.717) is 13.1 Å². The van der Waals surface area contributed by atoms with Crippen molar-refractivity contribution >= 4 is 5.91 Å². The Hall–Kier alpha value is -2.07. The lowest BCUT2D eigenvalue weighted by Gasteiger charge is -2.25. The van der Waals surface area contributed by atoms with Gasteiger partial charge in [0, 0.05) is 12.0 Å². The topological polar surface area (TPSA) is 46.7 Å². The summed E-state index contributed by atoms with van der Waals surface area (Å²) in [6.45, 7) is 2.94. The Balaban J connectivity index is 1.50. The zero-order chi connectivity index (χ0) is 13.8. The highest BCUT2D eigenvalue weighted by Gasteiger charge is 2.21. The SMILES string of the molecule is O=C(C[NH+]1CCc2ccccc2C1)NCc1ccco1. The van der Waals surface area contributed by atoms with E-state index in [-0.39, 0.29) is 5.91 Å². The minimum atomic E-state index is 0.0794. The van der Waals surface area contributed by atoms with Crippen LogP contribution in [0.3, 0.4) is 0 Å². The molecule has 104 valence electrons. The Labute approximate surface area is 118 Å². The molecular formula is C16H19N2O2+. The standard InChI is InChI=1S/C16H18N2O2/c19-16(17-10-15-6-3-9-20-15)12-18-8-7-13-4-1-2-5-14(13)11-18/h1-6,9H,7-8,10-12H2,(H,17,19)/p+1. The van der Waals surface area contributed by atoms with Crippen LogP contribution in [0.4, 0.5) is 0 Å². The molecule has 0 fully saturated rings. The average Bonchev–Trinajstić information content (AvgIpc) is 2.98. The second kappa shape index (κ2) is 5.92. The third-order valence-corrected chi connectivity index (χ3v) is 3.76. The summed E-state index contributed by atoms with van der Waals surface area (Å²) in [6, 6.07) is 12.2. The number of amides is 1. The van der Waals surface area contributed by atoms with Crippen LogP contribution < -0.4 is 10.2 Å². The summed E-state index contributed by atoms with van der Waals surface area (Å²) in [5.74, 6) is 0.869. The minimum absolute atomic E-state index is 0.0794. The summed E-state index contributed by atoms with van der Waals surface area (Å²) in [4.78, 5) is 13.3. The van der Waals surface area contributed by atoms with Gasteiger partial charge in [0.05, 0.1) is 19.4 Å². The fourth-order valence-electron chi connectivity index (χ4n) is 2.68. The summed E-state index contributed by atoms with van der Waals surface area (Å²) in [6.07, 6.45) is 2.67. The van der Waals surface area contributed by atoms with Crippen LogP contribution in [0.25, 0.3) is 0 Å². The largest absolute Gasteiger partial charge is 0.467 e. The summed E-state index contributed by atoms with van der Waals surface area (Å²) in [5, 5.41) is 2.90. The average molecular weight is 271 g/mol. The molecule has 1 atom stereocenters. The van der Waals surface area contributed by atoms with Gasteiger partial charge in [-0.3, -0.25) is 4.79 Å². The van der Waals surface area contributed by atoms with E-state index in [4.69, 9.17) is 4.42 Å². The smallest absolute Gasteiger partial charge is 0.275 e. The molecule has 1 aromatic carbocycles. The lowest BCUT2D eigenvalue weighted by atomic mass is 10.00. The van der Waals surface area contributed by atoms with Crippen molar-refractivity contribution in [3.8, 4) is 0 Å². The van der Waals surface area contributed by atoms with Gasteiger partial charge >= 0.3 is 0 Å². The van der Waals surface area contributed by atoms with Crippen molar-refractivity contribution in [1.82, 2.24) is 5.32 Å². The van der Waals surface area contributed by atoms with Crippen molar-refractivity contribution in [2.24, 2.45) is 0 Å². The van der Waals surface area contributed by atoms with E-state index in [9.17, 15) is 4.79 Å². The Kier molecular flexibility index (Phi) is 3.83. The second-order valence-electron chi connectivity index (χ2n) is 5.23. The lowest BCUT2D eigenvalue weighted by molar-refractivity contribution is -0.908. The first-order valence-corrected chi connectivity index (χ1v) is 7.01. The zero-order valence-corrected chi connectivity index (χ0v) is 11.4. The highest BCUT2D eigenvalue weighted by atomic mass is 16.3. The van der Waals surface area contributed by atoms with Crippen molar-refractivity contribution in [2.75, 3.05) is 13.1 Å². The molecule has 0 radical (unpaired) electrons. The van der Waals surface area contributed by atoms with Gasteiger partial charge in [-0.1, -0.05) is 24.3 Å². The van der Waals surface area contributed by atoms with E-state index < -0.39 is 0 Å². The van der Waals surface area contributed by atoms with Crippen LogP contribution in [0.5, 0.6) is 0 Å². The van der Waals surface area contributed by atoms with Gasteiger partial charge in [0.15, 0.2) is 6.54 Å². The molecular weight excluding hydrogens is 252 g/mol. The molecule has 1 unspecified atom stereocenters. The van der Waals surface area contributed by atoms with E-state index in [1.807, 2.05) is 12.1 Å². The molecule has 1 aliphatic heterocycles. The number of nitrogens with one attached hydrogen (secondary N) is 2. The van der Waals surface area contributed by atoms with Crippen LogP contribution in [0.15, 0.2) is 47.1 Å². The first-order valence-electron chi connectivity index (χ1n) is 7.01. The monoisotopic (exact) mass is 271 g/mol. The van der Waals surface area contributed by atoms with E-state index in [2.05, 4.69) is 29.6 Å². The Morgan fingerprint density at radius 1 is 1.20 bits per heavy atom. The summed E-state index contributed by atoms with van der Waals surface area (Å²) >= 11 is 0. The summed E-state index contributed by atoms with van der Waals surface area (Å²) < 4.78 is 5.20. The van der Waals surface area contributed by atoms with Gasteiger partial charge in [-0.15, -0.1) is 0 Å². The van der Waals surface area contributed by atoms with E-state index in [1.165, 1.54) is 16.0 Å². The highest BCUT2D eigenvalue weighted by molar-refractivity contribution is 5.76. The predicted molar refractivity (Wildman–Crippen MR) is 75.1 cm³/mol. The number of furan rings is 1. The molecule has 0 saturated heterocycles. The molecule has 1 amide bonds. The number of carbonyl (C=O) groups is 1. The van der Waals surface area contributed by atoms with Crippen LogP contribution >= 0.6 is 0 Å². The third-order valence-electron chi connectivity index (χ3n) is 3.76. The summed E-state index contributed by atoms with van der Waals surface area (Å²) in [7, 11) is 0. The Morgan fingerprint density at radius 2 is 2.05 bits per heavy atom. The molecule has 0 spiro atoms. The van der Waals surface area contributed by atoms with Gasteiger partial charge in [-0.2, -0.15) is 0 Å². The maximum atomic E-state index is 11.9. The van der Waals surface area contributed by atoms with Crippen molar-refractivity contribution in [3.63, 3.8) is 0 Å². The fraction of sp³-hybridized carbons (Fsp3) is 0.312. The van der Waals surface area contributed by atoms with Crippen molar-refractivity contribution in [1.29, 1.82) is 0 Å². The van der Waals surface area contributed by atoms with Crippen molar-refractivity contribution < 1.29 is 14.1 Å². The van der Waals surface area contributed by atoms with Gasteiger partial charge in [0.1, 0.15) is 12.3 Å². The van der Waals surface area contributed by atoms with Crippen LogP contribution in [0.2, 0.25) is 0 Å². The highest BCUT2D eigenvalue weighted by Crippen LogP contribution is 2.10. The molecule has 0 bridgehead atoms. The van der Waals surface area contributed by atoms with E-state index >= 15 is 0 Å². The third kappa shape index (κ3) is 3.08. The quantitative estimate of drug-likeness (QED) is 0.852. The Morgan fingerprint density at radius 3 is 2.85 bits per heavy atom. The minimum Gasteiger partial charge on any atom is -0.467 e. The number of quaternary nitrogens is 1. The van der Waals surface area contributed by atoms with Gasteiger partial charge < -0.3 is 14.6 Å². The lowest BCUT2D eigenvalue weighted by Crippen LogP contribution is -3.12. The number of benzene rings is 1. The normalized spacial score (nSPS) is 17.5. The van der Waals surface area contributed by atoms with Crippen LogP contribution in [-0.2, 0) is 24.3 Å². The molecule has 3 rings (SSSR count). The first kappa shape index (κ1) is 12.9. The number of carbonyl (C=O) groups excluding carboxylic acids is 1. The number of rotatable bonds is 4. The van der Waals surface area contributed by atoms with Crippen LogP contribution in [-0.4, -0.2) is 19.0 Å². The second-order valence-corrected chi connectivity index (χ2v) is 5.23. The molecule has 20 heavy (non-hydrogen) atoms. The van der Waals surface area contributed by atoms with Gasteiger partial charge in [0.2, 0.25) is 0 Å².